The molecule has 0 N–H and O–H groups in total. The molecule has 1 aromatic heterocycles. The molecule has 0 unspecified atom stereocenters. The van der Waals surface area contributed by atoms with Gasteiger partial charge >= 0.3 is 0 Å². The Hall–Kier alpha value is -2.67. The summed E-state index contributed by atoms with van der Waals surface area (Å²) >= 11 is 3.42. The number of hydrogen-bond donors (Lipinski definition) is 0. The second kappa shape index (κ2) is 7.48. The summed E-state index contributed by atoms with van der Waals surface area (Å²) in [4.78, 5) is 14.2. The average molecular weight is 401 g/mol. The Kier molecular flexibility index (Phi) is 5.14. The highest BCUT2D eigenvalue weighted by molar-refractivity contribution is 9.10. The number of carbonyl (C=O) groups is 1. The van der Waals surface area contributed by atoms with Gasteiger partial charge in [-0.3, -0.25) is 4.79 Å². The number of ether oxygens (including phenoxy) is 1. The van der Waals surface area contributed by atoms with E-state index in [4.69, 9.17) is 4.74 Å². The molecule has 0 aliphatic rings. The molecule has 0 aliphatic heterocycles. The normalized spacial score (nSPS) is 10.5. The third kappa shape index (κ3) is 4.06. The zero-order chi connectivity index (χ0) is 17.8. The highest BCUT2D eigenvalue weighted by atomic mass is 79.9. The molecular formula is C18H17BrN4O2. The summed E-state index contributed by atoms with van der Waals surface area (Å²) in [7, 11) is 3.36. The standard InChI is InChI=1S/C18H17BrN4O2/c1-22(11-13-5-3-8-16(9-13)25-2)18(24)17-12-23(21-20-17)15-7-4-6-14(19)10-15/h3-10,12H,11H2,1-2H3. The molecule has 128 valence electrons. The SMILES string of the molecule is COc1cccc(CN(C)C(=O)c2cn(-c3cccc(Br)c3)nn2)c1. The summed E-state index contributed by atoms with van der Waals surface area (Å²) < 4.78 is 7.73. The van der Waals surface area contributed by atoms with E-state index in [1.165, 1.54) is 0 Å². The van der Waals surface area contributed by atoms with Gasteiger partial charge in [-0.25, -0.2) is 4.68 Å². The van der Waals surface area contributed by atoms with Gasteiger partial charge in [-0.15, -0.1) is 5.10 Å². The van der Waals surface area contributed by atoms with Crippen LogP contribution in [0.2, 0.25) is 0 Å². The summed E-state index contributed by atoms with van der Waals surface area (Å²) in [5, 5.41) is 8.04. The number of halogens is 1. The van der Waals surface area contributed by atoms with Crippen molar-refractivity contribution < 1.29 is 9.53 Å². The van der Waals surface area contributed by atoms with Crippen molar-refractivity contribution in [3.05, 3.63) is 70.5 Å². The monoisotopic (exact) mass is 400 g/mol. The minimum atomic E-state index is -0.191. The van der Waals surface area contributed by atoms with Crippen LogP contribution in [-0.2, 0) is 6.54 Å². The van der Waals surface area contributed by atoms with Crippen molar-refractivity contribution in [3.63, 3.8) is 0 Å². The molecule has 25 heavy (non-hydrogen) atoms. The van der Waals surface area contributed by atoms with E-state index in [1.54, 1.807) is 29.9 Å². The van der Waals surface area contributed by atoms with Gasteiger partial charge in [0.25, 0.3) is 5.91 Å². The van der Waals surface area contributed by atoms with Crippen molar-refractivity contribution in [2.75, 3.05) is 14.2 Å². The van der Waals surface area contributed by atoms with Gasteiger partial charge in [-0.2, -0.15) is 0 Å². The maximum absolute atomic E-state index is 12.6. The van der Waals surface area contributed by atoms with Gasteiger partial charge in [0.2, 0.25) is 0 Å². The summed E-state index contributed by atoms with van der Waals surface area (Å²) in [5.41, 5.74) is 2.11. The van der Waals surface area contributed by atoms with Crippen molar-refractivity contribution in [1.82, 2.24) is 19.9 Å². The summed E-state index contributed by atoms with van der Waals surface area (Å²) in [6.07, 6.45) is 1.63. The Morgan fingerprint density at radius 2 is 2.04 bits per heavy atom. The predicted molar refractivity (Wildman–Crippen MR) is 97.9 cm³/mol. The van der Waals surface area contributed by atoms with Crippen LogP contribution < -0.4 is 4.74 Å². The lowest BCUT2D eigenvalue weighted by molar-refractivity contribution is 0.0779. The molecule has 0 radical (unpaired) electrons. The zero-order valence-corrected chi connectivity index (χ0v) is 15.5. The topological polar surface area (TPSA) is 60.2 Å². The molecule has 0 atom stereocenters. The van der Waals surface area contributed by atoms with Crippen molar-refractivity contribution >= 4 is 21.8 Å². The first-order valence-electron chi connectivity index (χ1n) is 7.63. The number of rotatable bonds is 5. The Morgan fingerprint density at radius 1 is 1.24 bits per heavy atom. The first-order valence-corrected chi connectivity index (χ1v) is 8.43. The first kappa shape index (κ1) is 17.2. The molecule has 0 bridgehead atoms. The quantitative estimate of drug-likeness (QED) is 0.658. The highest BCUT2D eigenvalue weighted by Gasteiger charge is 2.16. The van der Waals surface area contributed by atoms with Gasteiger partial charge in [0.15, 0.2) is 5.69 Å². The van der Waals surface area contributed by atoms with Crippen LogP contribution in [0, 0.1) is 0 Å². The predicted octanol–water partition coefficient (Wildman–Crippen LogP) is 3.31. The van der Waals surface area contributed by atoms with E-state index in [0.717, 1.165) is 21.5 Å². The van der Waals surface area contributed by atoms with Gasteiger partial charge < -0.3 is 9.64 Å². The largest absolute Gasteiger partial charge is 0.497 e. The summed E-state index contributed by atoms with van der Waals surface area (Å²) in [6.45, 7) is 0.458. The molecule has 2 aromatic carbocycles. The van der Waals surface area contributed by atoms with E-state index in [9.17, 15) is 4.79 Å². The van der Waals surface area contributed by atoms with Crippen molar-refractivity contribution in [2.45, 2.75) is 6.54 Å². The Labute approximate surface area is 154 Å². The Morgan fingerprint density at radius 3 is 2.80 bits per heavy atom. The number of carbonyl (C=O) groups excluding carboxylic acids is 1. The van der Waals surface area contributed by atoms with Gasteiger partial charge in [0.1, 0.15) is 5.75 Å². The third-order valence-electron chi connectivity index (χ3n) is 3.69. The maximum Gasteiger partial charge on any atom is 0.276 e. The highest BCUT2D eigenvalue weighted by Crippen LogP contribution is 2.16. The fourth-order valence-corrected chi connectivity index (χ4v) is 2.81. The van der Waals surface area contributed by atoms with Crippen LogP contribution >= 0.6 is 15.9 Å². The zero-order valence-electron chi connectivity index (χ0n) is 13.9. The van der Waals surface area contributed by atoms with E-state index in [0.29, 0.717) is 12.2 Å². The molecule has 7 heteroatoms. The lowest BCUT2D eigenvalue weighted by Gasteiger charge is -2.16. The van der Waals surface area contributed by atoms with Crippen LogP contribution in [0.15, 0.2) is 59.2 Å². The van der Waals surface area contributed by atoms with Crippen LogP contribution in [0.25, 0.3) is 5.69 Å². The van der Waals surface area contributed by atoms with E-state index in [2.05, 4.69) is 26.2 Å². The summed E-state index contributed by atoms with van der Waals surface area (Å²) in [5.74, 6) is 0.572. The second-order valence-corrected chi connectivity index (χ2v) is 6.46. The van der Waals surface area contributed by atoms with E-state index in [-0.39, 0.29) is 5.91 Å². The van der Waals surface area contributed by atoms with Crippen LogP contribution in [0.5, 0.6) is 5.75 Å². The second-order valence-electron chi connectivity index (χ2n) is 5.54. The molecule has 0 saturated heterocycles. The van der Waals surface area contributed by atoms with E-state index >= 15 is 0 Å². The van der Waals surface area contributed by atoms with Crippen molar-refractivity contribution in [1.29, 1.82) is 0 Å². The lowest BCUT2D eigenvalue weighted by atomic mass is 10.2. The van der Waals surface area contributed by atoms with Crippen LogP contribution in [0.4, 0.5) is 0 Å². The van der Waals surface area contributed by atoms with Crippen molar-refractivity contribution in [3.8, 4) is 11.4 Å². The Balaban J connectivity index is 1.74. The summed E-state index contributed by atoms with van der Waals surface area (Å²) in [6, 6.07) is 15.3. The number of amides is 1. The fraction of sp³-hybridized carbons (Fsp3) is 0.167. The van der Waals surface area contributed by atoms with Gasteiger partial charge in [0.05, 0.1) is 19.0 Å². The molecule has 0 spiro atoms. The molecule has 6 nitrogen and oxygen atoms in total. The fourth-order valence-electron chi connectivity index (χ4n) is 2.42. The van der Waals surface area contributed by atoms with Crippen LogP contribution in [0.1, 0.15) is 16.1 Å². The van der Waals surface area contributed by atoms with E-state index < -0.39 is 0 Å². The lowest BCUT2D eigenvalue weighted by Crippen LogP contribution is -2.26. The van der Waals surface area contributed by atoms with Crippen LogP contribution in [-0.4, -0.2) is 40.0 Å². The number of benzene rings is 2. The first-order chi connectivity index (χ1) is 12.1. The molecule has 3 rings (SSSR count). The van der Waals surface area contributed by atoms with E-state index in [1.807, 2.05) is 48.5 Å². The van der Waals surface area contributed by atoms with Crippen molar-refractivity contribution in [2.24, 2.45) is 0 Å². The van der Waals surface area contributed by atoms with Crippen LogP contribution in [0.3, 0.4) is 0 Å². The third-order valence-corrected chi connectivity index (χ3v) is 4.18. The average Bonchev–Trinajstić information content (AvgIpc) is 3.11. The minimum absolute atomic E-state index is 0.191. The number of aromatic nitrogens is 3. The number of hydrogen-bond acceptors (Lipinski definition) is 4. The van der Waals surface area contributed by atoms with Gasteiger partial charge in [0, 0.05) is 18.1 Å². The number of methoxy groups -OCH3 is 1. The molecule has 1 heterocycles. The Bertz CT molecular complexity index is 894. The molecule has 0 aliphatic carbocycles. The van der Waals surface area contributed by atoms with Gasteiger partial charge in [-0.05, 0) is 35.9 Å². The minimum Gasteiger partial charge on any atom is -0.497 e. The maximum atomic E-state index is 12.6. The smallest absolute Gasteiger partial charge is 0.276 e. The molecular weight excluding hydrogens is 384 g/mol. The number of nitrogens with zero attached hydrogens (tertiary/aromatic N) is 4. The molecule has 3 aromatic rings. The molecule has 0 fully saturated rings. The van der Waals surface area contributed by atoms with Gasteiger partial charge in [-0.1, -0.05) is 39.3 Å². The molecule has 1 amide bonds. The molecule has 0 saturated carbocycles.